The lowest BCUT2D eigenvalue weighted by molar-refractivity contribution is 0.305. The Morgan fingerprint density at radius 2 is 2.05 bits per heavy atom. The molecule has 0 aromatic heterocycles. The van der Waals surface area contributed by atoms with Crippen LogP contribution in [0.5, 0.6) is 0 Å². The van der Waals surface area contributed by atoms with Crippen LogP contribution >= 0.6 is 0 Å². The molecule has 0 saturated carbocycles. The molecular weight excluding hydrogens is 288 g/mol. The van der Waals surface area contributed by atoms with E-state index in [1.54, 1.807) is 0 Å². The number of nitrogens with one attached hydrogen (secondary N) is 1. The maximum Gasteiger partial charge on any atom is 0.279 e. The van der Waals surface area contributed by atoms with Gasteiger partial charge in [0.2, 0.25) is 0 Å². The number of benzene rings is 1. The van der Waals surface area contributed by atoms with E-state index >= 15 is 0 Å². The van der Waals surface area contributed by atoms with Gasteiger partial charge in [0.25, 0.3) is 10.2 Å². The van der Waals surface area contributed by atoms with Crippen molar-refractivity contribution in [1.29, 1.82) is 0 Å². The number of aliphatic hydroxyl groups is 1. The second-order valence-electron chi connectivity index (χ2n) is 4.59. The highest BCUT2D eigenvalue weighted by molar-refractivity contribution is 7.87. The fourth-order valence-electron chi connectivity index (χ4n) is 1.66. The molecular formula is C15H22N2O3S. The average molecular weight is 310 g/mol. The third-order valence-corrected chi connectivity index (χ3v) is 4.33. The molecule has 1 aromatic rings. The van der Waals surface area contributed by atoms with Crippen LogP contribution in [0.1, 0.15) is 30.9 Å². The van der Waals surface area contributed by atoms with Crippen LogP contribution < -0.4 is 4.72 Å². The molecule has 2 N–H and O–H groups in total. The molecule has 1 aromatic carbocycles. The Morgan fingerprint density at radius 1 is 1.33 bits per heavy atom. The minimum atomic E-state index is -3.47. The molecule has 0 amide bonds. The Hall–Kier alpha value is -1.39. The monoisotopic (exact) mass is 310 g/mol. The van der Waals surface area contributed by atoms with E-state index in [9.17, 15) is 8.42 Å². The molecule has 0 unspecified atom stereocenters. The normalized spacial score (nSPS) is 11.2. The predicted octanol–water partition coefficient (Wildman–Crippen LogP) is 1.10. The standard InChI is InChI=1S/C15H22N2O3S/c1-3-11-16-21(19,20)17(2)13-15-10-5-4-8-14(15)9-6-7-12-18/h4-5,8,10,16,18H,3,7,11-13H2,1-2H3. The van der Waals surface area contributed by atoms with Gasteiger partial charge in [0.15, 0.2) is 0 Å². The number of hydrogen-bond donors (Lipinski definition) is 2. The van der Waals surface area contributed by atoms with Gasteiger partial charge in [0.1, 0.15) is 0 Å². The van der Waals surface area contributed by atoms with E-state index in [-0.39, 0.29) is 13.2 Å². The van der Waals surface area contributed by atoms with Crippen molar-refractivity contribution >= 4 is 10.2 Å². The molecule has 0 spiro atoms. The van der Waals surface area contributed by atoms with Crippen LogP contribution in [0.3, 0.4) is 0 Å². The van der Waals surface area contributed by atoms with Gasteiger partial charge in [-0.1, -0.05) is 37.0 Å². The number of nitrogens with zero attached hydrogens (tertiary/aromatic N) is 1. The van der Waals surface area contributed by atoms with E-state index in [4.69, 9.17) is 5.11 Å². The Bertz CT molecular complexity index is 603. The van der Waals surface area contributed by atoms with Crippen molar-refractivity contribution in [2.75, 3.05) is 20.2 Å². The molecule has 0 bridgehead atoms. The Kier molecular flexibility index (Phi) is 7.40. The Morgan fingerprint density at radius 3 is 2.71 bits per heavy atom. The van der Waals surface area contributed by atoms with Gasteiger partial charge >= 0.3 is 0 Å². The third kappa shape index (κ3) is 5.86. The highest BCUT2D eigenvalue weighted by Crippen LogP contribution is 2.11. The summed E-state index contributed by atoms with van der Waals surface area (Å²) in [4.78, 5) is 0. The molecule has 116 valence electrons. The predicted molar refractivity (Wildman–Crippen MR) is 83.7 cm³/mol. The summed E-state index contributed by atoms with van der Waals surface area (Å²) >= 11 is 0. The molecule has 5 nitrogen and oxygen atoms in total. The van der Waals surface area contributed by atoms with Gasteiger partial charge in [0.05, 0.1) is 6.61 Å². The van der Waals surface area contributed by atoms with Crippen LogP contribution in [-0.2, 0) is 16.8 Å². The van der Waals surface area contributed by atoms with Crippen molar-refractivity contribution in [3.05, 3.63) is 35.4 Å². The highest BCUT2D eigenvalue weighted by Gasteiger charge is 2.17. The molecule has 0 saturated heterocycles. The van der Waals surface area contributed by atoms with Crippen LogP contribution in [0.25, 0.3) is 0 Å². The molecule has 6 heteroatoms. The van der Waals surface area contributed by atoms with Crippen molar-refractivity contribution in [3.63, 3.8) is 0 Å². The van der Waals surface area contributed by atoms with Crippen LogP contribution in [-0.4, -0.2) is 38.0 Å². The van der Waals surface area contributed by atoms with Crippen LogP contribution in [0, 0.1) is 11.8 Å². The van der Waals surface area contributed by atoms with Gasteiger partial charge in [-0.15, -0.1) is 0 Å². The number of hydrogen-bond acceptors (Lipinski definition) is 3. The maximum absolute atomic E-state index is 12.0. The first kappa shape index (κ1) is 17.7. The van der Waals surface area contributed by atoms with Gasteiger partial charge < -0.3 is 5.11 Å². The van der Waals surface area contributed by atoms with E-state index in [0.717, 1.165) is 17.5 Å². The zero-order valence-electron chi connectivity index (χ0n) is 12.5. The van der Waals surface area contributed by atoms with E-state index in [2.05, 4.69) is 16.6 Å². The van der Waals surface area contributed by atoms with Crippen molar-refractivity contribution < 1.29 is 13.5 Å². The molecule has 0 atom stereocenters. The van der Waals surface area contributed by atoms with E-state index in [1.807, 2.05) is 31.2 Å². The summed E-state index contributed by atoms with van der Waals surface area (Å²) in [7, 11) is -1.93. The lowest BCUT2D eigenvalue weighted by atomic mass is 10.1. The smallest absolute Gasteiger partial charge is 0.279 e. The molecule has 0 radical (unpaired) electrons. The van der Waals surface area contributed by atoms with Gasteiger partial charge in [-0.2, -0.15) is 12.7 Å². The van der Waals surface area contributed by atoms with Gasteiger partial charge in [-0.3, -0.25) is 0 Å². The molecule has 0 aliphatic heterocycles. The molecule has 21 heavy (non-hydrogen) atoms. The van der Waals surface area contributed by atoms with E-state index < -0.39 is 10.2 Å². The molecule has 1 rings (SSSR count). The first-order valence-corrected chi connectivity index (χ1v) is 8.33. The summed E-state index contributed by atoms with van der Waals surface area (Å²) in [6.07, 6.45) is 1.15. The lowest BCUT2D eigenvalue weighted by Gasteiger charge is -2.18. The van der Waals surface area contributed by atoms with E-state index in [1.165, 1.54) is 11.4 Å². The van der Waals surface area contributed by atoms with Gasteiger partial charge in [0, 0.05) is 32.1 Å². The van der Waals surface area contributed by atoms with Crippen molar-refractivity contribution in [1.82, 2.24) is 9.03 Å². The Balaban J connectivity index is 2.86. The molecule has 0 aliphatic carbocycles. The summed E-state index contributed by atoms with van der Waals surface area (Å²) in [5.41, 5.74) is 1.62. The second kappa shape index (κ2) is 8.80. The molecule has 0 heterocycles. The average Bonchev–Trinajstić information content (AvgIpc) is 2.47. The minimum absolute atomic E-state index is 0.0182. The lowest BCUT2D eigenvalue weighted by Crippen LogP contribution is -2.38. The largest absolute Gasteiger partial charge is 0.395 e. The number of rotatable bonds is 7. The van der Waals surface area contributed by atoms with E-state index in [0.29, 0.717) is 13.0 Å². The molecule has 0 aliphatic rings. The van der Waals surface area contributed by atoms with Crippen LogP contribution in [0.2, 0.25) is 0 Å². The maximum atomic E-state index is 12.0. The van der Waals surface area contributed by atoms with Crippen molar-refractivity contribution in [3.8, 4) is 11.8 Å². The topological polar surface area (TPSA) is 69.6 Å². The highest BCUT2D eigenvalue weighted by atomic mass is 32.2. The zero-order valence-corrected chi connectivity index (χ0v) is 13.3. The minimum Gasteiger partial charge on any atom is -0.395 e. The Labute approximate surface area is 127 Å². The molecule has 0 fully saturated rings. The van der Waals surface area contributed by atoms with Crippen molar-refractivity contribution in [2.45, 2.75) is 26.3 Å². The second-order valence-corrected chi connectivity index (χ2v) is 6.45. The quantitative estimate of drug-likeness (QED) is 0.741. The first-order chi connectivity index (χ1) is 10.0. The first-order valence-electron chi connectivity index (χ1n) is 6.89. The van der Waals surface area contributed by atoms with Gasteiger partial charge in [-0.25, -0.2) is 4.72 Å². The van der Waals surface area contributed by atoms with Crippen LogP contribution in [0.4, 0.5) is 0 Å². The summed E-state index contributed by atoms with van der Waals surface area (Å²) in [5.74, 6) is 5.82. The van der Waals surface area contributed by atoms with Crippen LogP contribution in [0.15, 0.2) is 24.3 Å². The summed E-state index contributed by atoms with van der Waals surface area (Å²) in [6.45, 7) is 2.60. The number of aliphatic hydroxyl groups excluding tert-OH is 1. The van der Waals surface area contributed by atoms with Crippen molar-refractivity contribution in [2.24, 2.45) is 0 Å². The zero-order chi connectivity index (χ0) is 15.7. The fourth-order valence-corrected chi connectivity index (χ4v) is 2.65. The van der Waals surface area contributed by atoms with Gasteiger partial charge in [-0.05, 0) is 18.1 Å². The SMILES string of the molecule is CCCNS(=O)(=O)N(C)Cc1ccccc1C#CCCO. The summed E-state index contributed by atoms with van der Waals surface area (Å²) < 4.78 is 27.8. The fraction of sp³-hybridized carbons (Fsp3) is 0.467. The third-order valence-electron chi connectivity index (χ3n) is 2.82. The summed E-state index contributed by atoms with van der Waals surface area (Å²) in [5, 5.41) is 8.75. The summed E-state index contributed by atoms with van der Waals surface area (Å²) in [6, 6.07) is 7.41.